The molecule has 44 heavy (non-hydrogen) atoms. The number of alkyl halides is 3. The number of rotatable bonds is 9. The van der Waals surface area contributed by atoms with Crippen molar-refractivity contribution in [3.63, 3.8) is 0 Å². The van der Waals surface area contributed by atoms with E-state index in [1.165, 1.54) is 4.90 Å². The number of fused-ring (bicyclic) bond motifs is 1. The quantitative estimate of drug-likeness (QED) is 0.309. The van der Waals surface area contributed by atoms with Crippen LogP contribution < -0.4 is 16.0 Å². The lowest BCUT2D eigenvalue weighted by atomic mass is 9.86. The maximum Gasteiger partial charge on any atom is 0.389 e. The first-order chi connectivity index (χ1) is 21.2. The van der Waals surface area contributed by atoms with Gasteiger partial charge >= 0.3 is 6.18 Å². The molecule has 1 unspecified atom stereocenters. The van der Waals surface area contributed by atoms with Gasteiger partial charge in [-0.3, -0.25) is 4.79 Å². The van der Waals surface area contributed by atoms with Gasteiger partial charge in [0, 0.05) is 55.1 Å². The largest absolute Gasteiger partial charge is 0.389 e. The number of ether oxygens (including phenoxy) is 1. The number of anilines is 2. The van der Waals surface area contributed by atoms with Crippen LogP contribution >= 0.6 is 0 Å². The van der Waals surface area contributed by atoms with Crippen molar-refractivity contribution in [3.05, 3.63) is 66.4 Å². The lowest BCUT2D eigenvalue weighted by Crippen LogP contribution is -2.41. The molecule has 3 aliphatic heterocycles. The SMILES string of the molecule is C=C(NCC1COC2(CCNCC2)C1)c1ccc(Nc2nc3c(C4=CCN(C(=O)CCC(F)(F)F)CC4)cccn3n2)cc1. The fraction of sp³-hybridized carbons (Fsp3) is 0.469. The summed E-state index contributed by atoms with van der Waals surface area (Å²) in [6.45, 7) is 8.55. The van der Waals surface area contributed by atoms with Crippen molar-refractivity contribution >= 4 is 34.5 Å². The fourth-order valence-corrected chi connectivity index (χ4v) is 6.31. The monoisotopic (exact) mass is 609 g/mol. The standard InChI is InChI=1S/C32H38F3N7O2/c1-22(37-20-23-19-31(44-21-23)12-14-36-15-13-31)24-4-6-26(7-5-24)38-30-39-29-27(3-2-16-42(29)40-30)25-9-17-41(18-10-25)28(43)8-11-32(33,34)35/h2-7,9,16,23,36-37H,1,8,10-15,17-21H2,(H,38,40). The van der Waals surface area contributed by atoms with Crippen molar-refractivity contribution in [1.29, 1.82) is 0 Å². The highest BCUT2D eigenvalue weighted by Crippen LogP contribution is 2.37. The van der Waals surface area contributed by atoms with Crippen LogP contribution in [-0.2, 0) is 9.53 Å². The lowest BCUT2D eigenvalue weighted by molar-refractivity contribution is -0.148. The number of carbonyl (C=O) groups excluding carboxylic acids is 1. The highest BCUT2D eigenvalue weighted by Gasteiger charge is 2.40. The number of piperidine rings is 1. The fourth-order valence-electron chi connectivity index (χ4n) is 6.31. The van der Waals surface area contributed by atoms with Gasteiger partial charge in [0.25, 0.3) is 0 Å². The molecule has 2 saturated heterocycles. The van der Waals surface area contributed by atoms with Crippen LogP contribution in [0.4, 0.5) is 24.8 Å². The molecule has 5 heterocycles. The molecule has 0 bridgehead atoms. The van der Waals surface area contributed by atoms with E-state index in [9.17, 15) is 18.0 Å². The summed E-state index contributed by atoms with van der Waals surface area (Å²) < 4.78 is 45.5. The van der Waals surface area contributed by atoms with E-state index >= 15 is 0 Å². The third kappa shape index (κ3) is 7.07. The average molecular weight is 610 g/mol. The molecule has 2 aromatic heterocycles. The normalized spacial score (nSPS) is 20.1. The van der Waals surface area contributed by atoms with Crippen molar-refractivity contribution in [2.45, 2.75) is 50.3 Å². The zero-order valence-electron chi connectivity index (χ0n) is 24.6. The molecule has 3 N–H and O–H groups in total. The topological polar surface area (TPSA) is 95.8 Å². The van der Waals surface area contributed by atoms with E-state index in [0.29, 0.717) is 30.5 Å². The third-order valence-electron chi connectivity index (χ3n) is 8.79. The Hall–Kier alpha value is -3.90. The Morgan fingerprint density at radius 3 is 2.70 bits per heavy atom. The minimum Gasteiger partial charge on any atom is -0.385 e. The highest BCUT2D eigenvalue weighted by molar-refractivity contribution is 5.81. The molecule has 6 rings (SSSR count). The van der Waals surface area contributed by atoms with Crippen LogP contribution in [0.1, 0.15) is 49.7 Å². The Bertz CT molecular complexity index is 1530. The second-order valence-corrected chi connectivity index (χ2v) is 11.9. The molecule has 3 aliphatic rings. The molecule has 9 nitrogen and oxygen atoms in total. The predicted octanol–water partition coefficient (Wildman–Crippen LogP) is 5.15. The van der Waals surface area contributed by atoms with Gasteiger partial charge in [-0.15, -0.1) is 5.10 Å². The summed E-state index contributed by atoms with van der Waals surface area (Å²) in [5, 5.41) is 14.8. The van der Waals surface area contributed by atoms with Crippen LogP contribution in [0.3, 0.4) is 0 Å². The van der Waals surface area contributed by atoms with Crippen LogP contribution in [0.15, 0.2) is 55.3 Å². The Kier molecular flexibility index (Phi) is 8.64. The number of aromatic nitrogens is 3. The minimum atomic E-state index is -4.34. The van der Waals surface area contributed by atoms with Gasteiger partial charge in [0.15, 0.2) is 5.65 Å². The second kappa shape index (κ2) is 12.6. The van der Waals surface area contributed by atoms with Gasteiger partial charge in [0.2, 0.25) is 11.9 Å². The van der Waals surface area contributed by atoms with E-state index in [1.54, 1.807) is 4.52 Å². The van der Waals surface area contributed by atoms with Gasteiger partial charge in [0.1, 0.15) is 0 Å². The number of benzene rings is 1. The average Bonchev–Trinajstić information content (AvgIpc) is 3.62. The van der Waals surface area contributed by atoms with Gasteiger partial charge in [0.05, 0.1) is 18.6 Å². The molecule has 3 aromatic rings. The number of nitrogens with one attached hydrogen (secondary N) is 3. The number of pyridine rings is 1. The molecule has 2 fully saturated rings. The first kappa shape index (κ1) is 30.1. The van der Waals surface area contributed by atoms with Crippen LogP contribution in [0.5, 0.6) is 0 Å². The van der Waals surface area contributed by atoms with Crippen molar-refractivity contribution < 1.29 is 22.7 Å². The smallest absolute Gasteiger partial charge is 0.385 e. The third-order valence-corrected chi connectivity index (χ3v) is 8.79. The lowest BCUT2D eigenvalue weighted by Gasteiger charge is -2.33. The van der Waals surface area contributed by atoms with Gasteiger partial charge in [-0.25, -0.2) is 4.52 Å². The summed E-state index contributed by atoms with van der Waals surface area (Å²) in [7, 11) is 0. The molecule has 0 aliphatic carbocycles. The summed E-state index contributed by atoms with van der Waals surface area (Å²) in [4.78, 5) is 18.4. The van der Waals surface area contributed by atoms with Crippen molar-refractivity contribution in [2.75, 3.05) is 44.6 Å². The molecule has 12 heteroatoms. The van der Waals surface area contributed by atoms with Crippen molar-refractivity contribution in [3.8, 4) is 0 Å². The molecule has 1 atom stereocenters. The van der Waals surface area contributed by atoms with Gasteiger partial charge in [-0.1, -0.05) is 24.8 Å². The molecular weight excluding hydrogens is 571 g/mol. The van der Waals surface area contributed by atoms with Crippen LogP contribution in [-0.4, -0.2) is 76.5 Å². The van der Waals surface area contributed by atoms with E-state index in [-0.39, 0.29) is 12.1 Å². The Balaban J connectivity index is 1.04. The van der Waals surface area contributed by atoms with E-state index in [1.807, 2.05) is 48.7 Å². The highest BCUT2D eigenvalue weighted by atomic mass is 19.4. The van der Waals surface area contributed by atoms with Crippen molar-refractivity contribution in [1.82, 2.24) is 30.1 Å². The zero-order chi connectivity index (χ0) is 30.7. The maximum atomic E-state index is 12.5. The maximum absolute atomic E-state index is 12.5. The Labute approximate surface area is 254 Å². The van der Waals surface area contributed by atoms with Gasteiger partial charge in [-0.2, -0.15) is 18.2 Å². The van der Waals surface area contributed by atoms with Crippen LogP contribution in [0.2, 0.25) is 0 Å². The number of halogens is 3. The van der Waals surface area contributed by atoms with Crippen LogP contribution in [0.25, 0.3) is 16.9 Å². The van der Waals surface area contributed by atoms with E-state index in [2.05, 4.69) is 27.6 Å². The van der Waals surface area contributed by atoms with Crippen molar-refractivity contribution in [2.24, 2.45) is 5.92 Å². The molecule has 0 saturated carbocycles. The van der Waals surface area contributed by atoms with Crippen LogP contribution in [0, 0.1) is 5.92 Å². The number of amides is 1. The summed E-state index contributed by atoms with van der Waals surface area (Å²) >= 11 is 0. The first-order valence-corrected chi connectivity index (χ1v) is 15.2. The Morgan fingerprint density at radius 2 is 1.98 bits per heavy atom. The summed E-state index contributed by atoms with van der Waals surface area (Å²) in [6.07, 6.45) is 1.51. The molecule has 234 valence electrons. The Morgan fingerprint density at radius 1 is 1.18 bits per heavy atom. The summed E-state index contributed by atoms with van der Waals surface area (Å²) in [6, 6.07) is 11.8. The molecule has 1 aromatic carbocycles. The molecule has 1 amide bonds. The summed E-state index contributed by atoms with van der Waals surface area (Å²) in [5.74, 6) is 0.436. The predicted molar refractivity (Wildman–Crippen MR) is 163 cm³/mol. The van der Waals surface area contributed by atoms with E-state index < -0.39 is 24.9 Å². The summed E-state index contributed by atoms with van der Waals surface area (Å²) in [5.41, 5.74) is 5.30. The zero-order valence-corrected chi connectivity index (χ0v) is 24.6. The first-order valence-electron chi connectivity index (χ1n) is 15.2. The molecular formula is C32H38F3N7O2. The minimum absolute atomic E-state index is 0.0518. The molecule has 0 radical (unpaired) electrons. The molecule has 1 spiro atoms. The number of nitrogens with zero attached hydrogens (tertiary/aromatic N) is 4. The van der Waals surface area contributed by atoms with E-state index in [0.717, 1.165) is 73.6 Å². The number of hydrogen-bond donors (Lipinski definition) is 3. The number of hydrogen-bond acceptors (Lipinski definition) is 7. The van der Waals surface area contributed by atoms with Gasteiger partial charge in [-0.05, 0) is 74.2 Å². The second-order valence-electron chi connectivity index (χ2n) is 11.9. The number of carbonyl (C=O) groups is 1. The van der Waals surface area contributed by atoms with E-state index in [4.69, 9.17) is 9.72 Å². The van der Waals surface area contributed by atoms with Gasteiger partial charge < -0.3 is 25.6 Å².